The number of likely N-dealkylation sites (tertiary alicyclic amines) is 1. The first kappa shape index (κ1) is 17.2. The SMILES string of the molecule is Cc1cc(F)ccc1OC1(C(=O)O)CCN(CC2CCOC2)CC1. The molecule has 24 heavy (non-hydrogen) atoms. The molecule has 132 valence electrons. The molecule has 0 amide bonds. The Labute approximate surface area is 141 Å². The molecule has 0 spiro atoms. The predicted octanol–water partition coefficient (Wildman–Crippen LogP) is 2.47. The number of aliphatic carboxylic acids is 1. The number of benzene rings is 1. The molecule has 2 aliphatic heterocycles. The topological polar surface area (TPSA) is 59.0 Å². The number of carbonyl (C=O) groups is 1. The normalized spacial score (nSPS) is 24.0. The molecule has 1 aromatic carbocycles. The van der Waals surface area contributed by atoms with Crippen molar-refractivity contribution in [1.82, 2.24) is 4.90 Å². The molecule has 2 heterocycles. The Hall–Kier alpha value is -1.66. The van der Waals surface area contributed by atoms with E-state index < -0.39 is 11.6 Å². The van der Waals surface area contributed by atoms with E-state index in [4.69, 9.17) is 9.47 Å². The zero-order chi connectivity index (χ0) is 17.2. The number of hydrogen-bond acceptors (Lipinski definition) is 4. The summed E-state index contributed by atoms with van der Waals surface area (Å²) in [4.78, 5) is 14.2. The largest absolute Gasteiger partial charge is 0.478 e. The molecule has 2 saturated heterocycles. The van der Waals surface area contributed by atoms with Crippen molar-refractivity contribution in [1.29, 1.82) is 0 Å². The number of carboxylic acid groups (broad SMARTS) is 1. The standard InChI is InChI=1S/C18H24FNO4/c1-13-10-15(19)2-3-16(13)24-18(17(21)22)5-7-20(8-6-18)11-14-4-9-23-12-14/h2-3,10,14H,4-9,11-12H2,1H3,(H,21,22). The Morgan fingerprint density at radius 1 is 1.46 bits per heavy atom. The highest BCUT2D eigenvalue weighted by molar-refractivity contribution is 5.78. The van der Waals surface area contributed by atoms with E-state index in [2.05, 4.69) is 4.90 Å². The van der Waals surface area contributed by atoms with E-state index >= 15 is 0 Å². The molecule has 2 fully saturated rings. The van der Waals surface area contributed by atoms with Crippen LogP contribution in [-0.2, 0) is 9.53 Å². The maximum Gasteiger partial charge on any atom is 0.348 e. The minimum Gasteiger partial charge on any atom is -0.478 e. The Bertz CT molecular complexity index is 593. The van der Waals surface area contributed by atoms with E-state index in [0.717, 1.165) is 26.2 Å². The molecule has 0 bridgehead atoms. The van der Waals surface area contributed by atoms with Crippen molar-refractivity contribution in [3.8, 4) is 5.75 Å². The molecule has 1 unspecified atom stereocenters. The summed E-state index contributed by atoms with van der Waals surface area (Å²) in [6.45, 7) is 5.66. The summed E-state index contributed by atoms with van der Waals surface area (Å²) in [6, 6.07) is 4.17. The van der Waals surface area contributed by atoms with Crippen molar-refractivity contribution < 1.29 is 23.8 Å². The van der Waals surface area contributed by atoms with Crippen LogP contribution >= 0.6 is 0 Å². The van der Waals surface area contributed by atoms with E-state index in [9.17, 15) is 14.3 Å². The summed E-state index contributed by atoms with van der Waals surface area (Å²) in [5, 5.41) is 9.73. The zero-order valence-electron chi connectivity index (χ0n) is 14.0. The van der Waals surface area contributed by atoms with Crippen molar-refractivity contribution in [3.63, 3.8) is 0 Å². The minimum atomic E-state index is -1.23. The highest BCUT2D eigenvalue weighted by Gasteiger charge is 2.44. The van der Waals surface area contributed by atoms with E-state index in [1.807, 2.05) is 0 Å². The molecule has 1 N–H and O–H groups in total. The number of aryl methyl sites for hydroxylation is 1. The van der Waals surface area contributed by atoms with E-state index in [0.29, 0.717) is 43.2 Å². The van der Waals surface area contributed by atoms with Crippen molar-refractivity contribution in [3.05, 3.63) is 29.6 Å². The maximum atomic E-state index is 13.2. The number of piperidine rings is 1. The van der Waals surface area contributed by atoms with Crippen LogP contribution in [0.2, 0.25) is 0 Å². The van der Waals surface area contributed by atoms with Gasteiger partial charge in [-0.15, -0.1) is 0 Å². The molecular weight excluding hydrogens is 313 g/mol. The van der Waals surface area contributed by atoms with Crippen LogP contribution in [0.1, 0.15) is 24.8 Å². The highest BCUT2D eigenvalue weighted by atomic mass is 19.1. The van der Waals surface area contributed by atoms with Crippen molar-refractivity contribution in [2.75, 3.05) is 32.8 Å². The van der Waals surface area contributed by atoms with Crippen LogP contribution in [0.5, 0.6) is 5.75 Å². The van der Waals surface area contributed by atoms with Crippen LogP contribution < -0.4 is 4.74 Å². The van der Waals surface area contributed by atoms with Gasteiger partial charge in [-0.1, -0.05) is 0 Å². The second-order valence-corrected chi connectivity index (χ2v) is 6.84. The summed E-state index contributed by atoms with van der Waals surface area (Å²) in [7, 11) is 0. The second-order valence-electron chi connectivity index (χ2n) is 6.84. The Morgan fingerprint density at radius 2 is 2.21 bits per heavy atom. The summed E-state index contributed by atoms with van der Waals surface area (Å²) in [5.41, 5.74) is -0.619. The van der Waals surface area contributed by atoms with Gasteiger partial charge in [0.15, 0.2) is 0 Å². The van der Waals surface area contributed by atoms with Crippen LogP contribution in [-0.4, -0.2) is 54.4 Å². The van der Waals surface area contributed by atoms with Crippen LogP contribution in [0.15, 0.2) is 18.2 Å². The third kappa shape index (κ3) is 3.70. The Morgan fingerprint density at radius 3 is 2.79 bits per heavy atom. The third-order valence-electron chi connectivity index (χ3n) is 5.04. The summed E-state index contributed by atoms with van der Waals surface area (Å²) in [5.74, 6) is -0.313. The number of hydrogen-bond donors (Lipinski definition) is 1. The van der Waals surface area contributed by atoms with Gasteiger partial charge in [0.05, 0.1) is 6.61 Å². The molecule has 3 rings (SSSR count). The number of ether oxygens (including phenoxy) is 2. The number of rotatable bonds is 5. The first-order chi connectivity index (χ1) is 11.5. The zero-order valence-corrected chi connectivity index (χ0v) is 14.0. The van der Waals surface area contributed by atoms with Crippen molar-refractivity contribution >= 4 is 5.97 Å². The first-order valence-corrected chi connectivity index (χ1v) is 8.47. The molecule has 0 aliphatic carbocycles. The highest BCUT2D eigenvalue weighted by Crippen LogP contribution is 2.32. The van der Waals surface area contributed by atoms with Crippen LogP contribution in [0.4, 0.5) is 4.39 Å². The fraction of sp³-hybridized carbons (Fsp3) is 0.611. The van der Waals surface area contributed by atoms with Gasteiger partial charge in [0.1, 0.15) is 11.6 Å². The molecule has 0 aromatic heterocycles. The smallest absolute Gasteiger partial charge is 0.348 e. The quantitative estimate of drug-likeness (QED) is 0.894. The summed E-state index contributed by atoms with van der Waals surface area (Å²) >= 11 is 0. The Kier molecular flexibility index (Phi) is 5.06. The lowest BCUT2D eigenvalue weighted by molar-refractivity contribution is -0.160. The molecule has 0 saturated carbocycles. The van der Waals surface area contributed by atoms with Crippen molar-refractivity contribution in [2.45, 2.75) is 31.8 Å². The Balaban J connectivity index is 1.65. The average Bonchev–Trinajstić information content (AvgIpc) is 3.05. The van der Waals surface area contributed by atoms with E-state index in [1.165, 1.54) is 18.2 Å². The van der Waals surface area contributed by atoms with E-state index in [1.54, 1.807) is 6.92 Å². The van der Waals surface area contributed by atoms with Crippen molar-refractivity contribution in [2.24, 2.45) is 5.92 Å². The van der Waals surface area contributed by atoms with Crippen LogP contribution in [0.3, 0.4) is 0 Å². The fourth-order valence-corrected chi connectivity index (χ4v) is 3.49. The first-order valence-electron chi connectivity index (χ1n) is 8.47. The van der Waals surface area contributed by atoms with Gasteiger partial charge in [-0.2, -0.15) is 0 Å². The third-order valence-corrected chi connectivity index (χ3v) is 5.04. The van der Waals surface area contributed by atoms with Gasteiger partial charge < -0.3 is 19.5 Å². The minimum absolute atomic E-state index is 0.349. The van der Waals surface area contributed by atoms with Gasteiger partial charge in [0.25, 0.3) is 0 Å². The average molecular weight is 337 g/mol. The van der Waals surface area contributed by atoms with E-state index in [-0.39, 0.29) is 5.82 Å². The number of carboxylic acids is 1. The summed E-state index contributed by atoms with van der Waals surface area (Å²) < 4.78 is 24.5. The van der Waals surface area contributed by atoms with Crippen LogP contribution in [0, 0.1) is 18.7 Å². The lowest BCUT2D eigenvalue weighted by Crippen LogP contribution is -2.54. The fourth-order valence-electron chi connectivity index (χ4n) is 3.49. The van der Waals surface area contributed by atoms with Gasteiger partial charge in [0.2, 0.25) is 5.60 Å². The lowest BCUT2D eigenvalue weighted by atomic mass is 9.90. The molecule has 5 nitrogen and oxygen atoms in total. The molecule has 1 atom stereocenters. The summed E-state index contributed by atoms with van der Waals surface area (Å²) in [6.07, 6.45) is 1.92. The molecule has 0 radical (unpaired) electrons. The number of halogens is 1. The van der Waals surface area contributed by atoms with Gasteiger partial charge in [-0.3, -0.25) is 0 Å². The number of nitrogens with zero attached hydrogens (tertiary/aromatic N) is 1. The molecule has 2 aliphatic rings. The molecule has 1 aromatic rings. The van der Waals surface area contributed by atoms with Crippen LogP contribution in [0.25, 0.3) is 0 Å². The maximum absolute atomic E-state index is 13.2. The second kappa shape index (κ2) is 7.07. The molecule has 6 heteroatoms. The molecular formula is C18H24FNO4. The van der Waals surface area contributed by atoms with Gasteiger partial charge >= 0.3 is 5.97 Å². The monoisotopic (exact) mass is 337 g/mol. The predicted molar refractivity (Wildman–Crippen MR) is 86.7 cm³/mol. The van der Waals surface area contributed by atoms with Gasteiger partial charge in [0, 0.05) is 39.1 Å². The van der Waals surface area contributed by atoms with Gasteiger partial charge in [-0.25, -0.2) is 9.18 Å². The van der Waals surface area contributed by atoms with Gasteiger partial charge in [-0.05, 0) is 43.0 Å². The lowest BCUT2D eigenvalue weighted by Gasteiger charge is -2.39.